The molecule has 0 aromatic rings. The van der Waals surface area contributed by atoms with Crippen LogP contribution < -0.4 is 11.1 Å². The van der Waals surface area contributed by atoms with Gasteiger partial charge in [0, 0.05) is 12.1 Å². The van der Waals surface area contributed by atoms with Crippen LogP contribution in [-0.2, 0) is 0 Å². The number of hydrogen-bond donors (Lipinski definition) is 2. The van der Waals surface area contributed by atoms with Crippen molar-refractivity contribution >= 4 is 0 Å². The minimum atomic E-state index is 0.355. The molecule has 2 heteroatoms. The third-order valence-electron chi connectivity index (χ3n) is 7.31. The van der Waals surface area contributed by atoms with Crippen LogP contribution in [0, 0.1) is 28.1 Å². The van der Waals surface area contributed by atoms with Crippen molar-refractivity contribution in [1.29, 1.82) is 0 Å². The third kappa shape index (κ3) is 2.25. The van der Waals surface area contributed by atoms with E-state index < -0.39 is 0 Å². The Kier molecular flexibility index (Phi) is 3.59. The summed E-state index contributed by atoms with van der Waals surface area (Å²) in [7, 11) is 0. The normalized spacial score (nSPS) is 40.1. The topological polar surface area (TPSA) is 38.0 Å². The van der Waals surface area contributed by atoms with Crippen LogP contribution in [0.4, 0.5) is 0 Å². The van der Waals surface area contributed by atoms with Crippen LogP contribution in [-0.4, -0.2) is 18.6 Å². The van der Waals surface area contributed by atoms with E-state index in [-0.39, 0.29) is 0 Å². The van der Waals surface area contributed by atoms with Crippen LogP contribution in [0.15, 0.2) is 0 Å². The first-order valence-corrected chi connectivity index (χ1v) is 8.02. The zero-order chi connectivity index (χ0) is 14.6. The molecule has 2 aliphatic carbocycles. The van der Waals surface area contributed by atoms with Crippen molar-refractivity contribution in [2.75, 3.05) is 6.54 Å². The summed E-state index contributed by atoms with van der Waals surface area (Å²) in [6.07, 6.45) is 2.47. The molecular formula is C17H34N2. The van der Waals surface area contributed by atoms with Crippen LogP contribution >= 0.6 is 0 Å². The van der Waals surface area contributed by atoms with E-state index in [0.717, 1.165) is 12.5 Å². The predicted molar refractivity (Wildman–Crippen MR) is 83.0 cm³/mol. The summed E-state index contributed by atoms with van der Waals surface area (Å²) in [6, 6.07) is 1.06. The van der Waals surface area contributed by atoms with Gasteiger partial charge >= 0.3 is 0 Å². The largest absolute Gasteiger partial charge is 0.327 e. The summed E-state index contributed by atoms with van der Waals surface area (Å²) in [4.78, 5) is 0. The number of nitrogens with two attached hydrogens (primary N) is 1. The molecular weight excluding hydrogens is 232 g/mol. The maximum Gasteiger partial charge on any atom is 0.0181 e. The fourth-order valence-corrected chi connectivity index (χ4v) is 4.27. The average molecular weight is 266 g/mol. The molecule has 3 unspecified atom stereocenters. The maximum atomic E-state index is 6.25. The minimum Gasteiger partial charge on any atom is -0.327 e. The quantitative estimate of drug-likeness (QED) is 0.821. The SMILES string of the molecule is CC1C(N)CCC(CNC2C(C)(C)C2(C)C)C1(C)C. The Morgan fingerprint density at radius 3 is 2.00 bits per heavy atom. The molecule has 0 aromatic carbocycles. The van der Waals surface area contributed by atoms with Gasteiger partial charge in [0.15, 0.2) is 0 Å². The van der Waals surface area contributed by atoms with E-state index in [2.05, 4.69) is 53.8 Å². The van der Waals surface area contributed by atoms with Crippen molar-refractivity contribution in [2.24, 2.45) is 33.8 Å². The molecule has 19 heavy (non-hydrogen) atoms. The zero-order valence-electron chi connectivity index (χ0n) is 14.0. The summed E-state index contributed by atoms with van der Waals surface area (Å²) in [6.45, 7) is 17.8. The monoisotopic (exact) mass is 266 g/mol. The highest BCUT2D eigenvalue weighted by Gasteiger charge is 2.64. The number of nitrogens with one attached hydrogen (secondary N) is 1. The first-order valence-electron chi connectivity index (χ1n) is 8.02. The number of hydrogen-bond acceptors (Lipinski definition) is 2. The second-order valence-electron chi connectivity index (χ2n) is 8.83. The van der Waals surface area contributed by atoms with E-state index in [0.29, 0.717) is 34.2 Å². The molecule has 0 spiro atoms. The van der Waals surface area contributed by atoms with Gasteiger partial charge in [-0.25, -0.2) is 0 Å². The summed E-state index contributed by atoms with van der Waals surface area (Å²) >= 11 is 0. The van der Waals surface area contributed by atoms with Gasteiger partial charge in [0.1, 0.15) is 0 Å². The fourth-order valence-electron chi connectivity index (χ4n) is 4.27. The molecule has 0 aromatic heterocycles. The zero-order valence-corrected chi connectivity index (χ0v) is 14.0. The molecule has 0 saturated heterocycles. The lowest BCUT2D eigenvalue weighted by Crippen LogP contribution is -2.49. The van der Waals surface area contributed by atoms with Gasteiger partial charge in [0.25, 0.3) is 0 Å². The minimum absolute atomic E-state index is 0.355. The second-order valence-corrected chi connectivity index (χ2v) is 8.83. The second kappa shape index (κ2) is 4.46. The lowest BCUT2D eigenvalue weighted by atomic mass is 9.61. The van der Waals surface area contributed by atoms with Gasteiger partial charge in [-0.2, -0.15) is 0 Å². The fraction of sp³-hybridized carbons (Fsp3) is 1.00. The van der Waals surface area contributed by atoms with Crippen molar-refractivity contribution < 1.29 is 0 Å². The molecule has 0 heterocycles. The van der Waals surface area contributed by atoms with Crippen LogP contribution in [0.25, 0.3) is 0 Å². The van der Waals surface area contributed by atoms with Crippen LogP contribution in [0.5, 0.6) is 0 Å². The Morgan fingerprint density at radius 1 is 1.00 bits per heavy atom. The van der Waals surface area contributed by atoms with E-state index in [1.165, 1.54) is 12.8 Å². The highest BCUT2D eigenvalue weighted by Crippen LogP contribution is 2.62. The molecule has 3 N–H and O–H groups in total. The first kappa shape index (κ1) is 15.3. The van der Waals surface area contributed by atoms with Gasteiger partial charge in [-0.15, -0.1) is 0 Å². The number of rotatable bonds is 3. The van der Waals surface area contributed by atoms with Gasteiger partial charge in [0.05, 0.1) is 0 Å². The van der Waals surface area contributed by atoms with Crippen LogP contribution in [0.1, 0.15) is 61.3 Å². The molecule has 2 aliphatic rings. The van der Waals surface area contributed by atoms with Gasteiger partial charge in [-0.05, 0) is 47.5 Å². The highest BCUT2D eigenvalue weighted by molar-refractivity contribution is 5.18. The van der Waals surface area contributed by atoms with E-state index in [1.807, 2.05) is 0 Å². The Morgan fingerprint density at radius 2 is 1.53 bits per heavy atom. The lowest BCUT2D eigenvalue weighted by molar-refractivity contribution is 0.0531. The molecule has 2 saturated carbocycles. The summed E-state index contributed by atoms with van der Waals surface area (Å²) in [5.74, 6) is 1.38. The Hall–Kier alpha value is -0.0800. The van der Waals surface area contributed by atoms with Crippen molar-refractivity contribution in [3.05, 3.63) is 0 Å². The van der Waals surface area contributed by atoms with Crippen LogP contribution in [0.2, 0.25) is 0 Å². The average Bonchev–Trinajstić information content (AvgIpc) is 2.67. The summed E-state index contributed by atoms with van der Waals surface area (Å²) in [5.41, 5.74) is 7.48. The molecule has 0 aliphatic heterocycles. The standard InChI is InChI=1S/C17H34N2/c1-11-13(18)9-8-12(15(11,2)3)10-19-14-16(4,5)17(14,6)7/h11-14,19H,8-10,18H2,1-7H3. The molecule has 3 atom stereocenters. The highest BCUT2D eigenvalue weighted by atomic mass is 15.0. The molecule has 112 valence electrons. The summed E-state index contributed by atoms with van der Waals surface area (Å²) < 4.78 is 0. The molecule has 0 bridgehead atoms. The van der Waals surface area contributed by atoms with Crippen molar-refractivity contribution in [1.82, 2.24) is 5.32 Å². The van der Waals surface area contributed by atoms with Gasteiger partial charge in [0.2, 0.25) is 0 Å². The maximum absolute atomic E-state index is 6.25. The van der Waals surface area contributed by atoms with Crippen molar-refractivity contribution in [3.63, 3.8) is 0 Å². The van der Waals surface area contributed by atoms with E-state index >= 15 is 0 Å². The van der Waals surface area contributed by atoms with Gasteiger partial charge in [-0.1, -0.05) is 48.5 Å². The Balaban J connectivity index is 1.94. The van der Waals surface area contributed by atoms with Crippen molar-refractivity contribution in [2.45, 2.75) is 73.4 Å². The molecule has 2 fully saturated rings. The van der Waals surface area contributed by atoms with Gasteiger partial charge < -0.3 is 11.1 Å². The van der Waals surface area contributed by atoms with Crippen LogP contribution in [0.3, 0.4) is 0 Å². The smallest absolute Gasteiger partial charge is 0.0181 e. The Bertz CT molecular complexity index is 329. The molecule has 2 nitrogen and oxygen atoms in total. The summed E-state index contributed by atoms with van der Waals surface area (Å²) in [5, 5.41) is 3.86. The molecule has 0 amide bonds. The van der Waals surface area contributed by atoms with Gasteiger partial charge in [-0.3, -0.25) is 0 Å². The Labute approximate surface area is 119 Å². The van der Waals surface area contributed by atoms with E-state index in [4.69, 9.17) is 5.73 Å². The first-order chi connectivity index (χ1) is 8.53. The lowest BCUT2D eigenvalue weighted by Gasteiger charge is -2.47. The molecule has 0 radical (unpaired) electrons. The van der Waals surface area contributed by atoms with E-state index in [9.17, 15) is 0 Å². The predicted octanol–water partition coefficient (Wildman–Crippen LogP) is 3.41. The molecule has 2 rings (SSSR count). The third-order valence-corrected chi connectivity index (χ3v) is 7.31. The van der Waals surface area contributed by atoms with E-state index in [1.54, 1.807) is 0 Å². The van der Waals surface area contributed by atoms with Crippen molar-refractivity contribution in [3.8, 4) is 0 Å².